The molecule has 18 heavy (non-hydrogen) atoms. The molecule has 0 aliphatic carbocycles. The number of nitrogens with zero attached hydrogens (tertiary/aromatic N) is 2. The van der Waals surface area contributed by atoms with Crippen LogP contribution in [0.15, 0.2) is 24.3 Å². The van der Waals surface area contributed by atoms with E-state index in [4.69, 9.17) is 0 Å². The van der Waals surface area contributed by atoms with E-state index in [0.29, 0.717) is 6.54 Å². The van der Waals surface area contributed by atoms with Crippen LogP contribution < -0.4 is 4.90 Å². The van der Waals surface area contributed by atoms with Crippen molar-refractivity contribution in [2.75, 3.05) is 31.6 Å². The maximum absolute atomic E-state index is 11.6. The molecule has 0 saturated carbocycles. The van der Waals surface area contributed by atoms with Crippen molar-refractivity contribution in [3.8, 4) is 0 Å². The Bertz CT molecular complexity index is 434. The lowest BCUT2D eigenvalue weighted by molar-refractivity contribution is -0.129. The highest BCUT2D eigenvalue weighted by Crippen LogP contribution is 2.23. The third kappa shape index (κ3) is 2.64. The molecular weight excluding hydrogens is 228 g/mol. The van der Waals surface area contributed by atoms with Crippen LogP contribution in [0.1, 0.15) is 19.4 Å². The molecule has 2 rings (SSSR count). The number of aliphatic hydroxyl groups is 1. The number of hydrogen-bond acceptors (Lipinski definition) is 3. The van der Waals surface area contributed by atoms with Crippen LogP contribution in [0.4, 0.5) is 5.69 Å². The topological polar surface area (TPSA) is 43.8 Å². The number of carbonyl (C=O) groups excluding carboxylic acids is 1. The highest BCUT2D eigenvalue weighted by molar-refractivity contribution is 5.82. The SMILES string of the molecule is CN1CCN(c2ccc(C(C)(C)O)cc2)CC1=O. The van der Waals surface area contributed by atoms with Crippen molar-refractivity contribution in [3.63, 3.8) is 0 Å². The number of benzene rings is 1. The van der Waals surface area contributed by atoms with Gasteiger partial charge in [0.05, 0.1) is 12.1 Å². The van der Waals surface area contributed by atoms with Gasteiger partial charge in [0, 0.05) is 25.8 Å². The van der Waals surface area contributed by atoms with Crippen molar-refractivity contribution in [3.05, 3.63) is 29.8 Å². The zero-order valence-electron chi connectivity index (χ0n) is 11.2. The molecule has 4 nitrogen and oxygen atoms in total. The minimum Gasteiger partial charge on any atom is -0.386 e. The van der Waals surface area contributed by atoms with Crippen LogP contribution in [-0.4, -0.2) is 42.6 Å². The van der Waals surface area contributed by atoms with E-state index in [-0.39, 0.29) is 5.91 Å². The smallest absolute Gasteiger partial charge is 0.241 e. The average Bonchev–Trinajstić information content (AvgIpc) is 2.32. The molecule has 1 heterocycles. The van der Waals surface area contributed by atoms with Crippen LogP contribution in [0.3, 0.4) is 0 Å². The first-order valence-electron chi connectivity index (χ1n) is 6.20. The summed E-state index contributed by atoms with van der Waals surface area (Å²) in [5.74, 6) is 0.146. The maximum atomic E-state index is 11.6. The standard InChI is InChI=1S/C14H20N2O2/c1-14(2,18)11-4-6-12(7-5-11)16-9-8-15(3)13(17)10-16/h4-7,18H,8-10H2,1-3H3. The average molecular weight is 248 g/mol. The first-order chi connectivity index (χ1) is 8.38. The van der Waals surface area contributed by atoms with E-state index in [2.05, 4.69) is 4.90 Å². The summed E-state index contributed by atoms with van der Waals surface area (Å²) in [5, 5.41) is 9.89. The van der Waals surface area contributed by atoms with E-state index < -0.39 is 5.60 Å². The summed E-state index contributed by atoms with van der Waals surface area (Å²) in [6.45, 7) is 5.57. The highest BCUT2D eigenvalue weighted by atomic mass is 16.3. The van der Waals surface area contributed by atoms with Crippen molar-refractivity contribution in [2.24, 2.45) is 0 Å². The van der Waals surface area contributed by atoms with Gasteiger partial charge in [-0.25, -0.2) is 0 Å². The van der Waals surface area contributed by atoms with E-state index in [0.717, 1.165) is 24.3 Å². The lowest BCUT2D eigenvalue weighted by atomic mass is 9.98. The molecule has 0 radical (unpaired) electrons. The first kappa shape index (κ1) is 12.9. The second kappa shape index (κ2) is 4.61. The fourth-order valence-corrected chi connectivity index (χ4v) is 2.06. The van der Waals surface area contributed by atoms with Gasteiger partial charge in [0.2, 0.25) is 5.91 Å². The van der Waals surface area contributed by atoms with Gasteiger partial charge >= 0.3 is 0 Å². The molecule has 0 spiro atoms. The monoisotopic (exact) mass is 248 g/mol. The van der Waals surface area contributed by atoms with Crippen molar-refractivity contribution in [2.45, 2.75) is 19.4 Å². The Labute approximate surface area is 108 Å². The van der Waals surface area contributed by atoms with Crippen LogP contribution >= 0.6 is 0 Å². The zero-order valence-corrected chi connectivity index (χ0v) is 11.2. The maximum Gasteiger partial charge on any atom is 0.241 e. The van der Waals surface area contributed by atoms with Crippen molar-refractivity contribution < 1.29 is 9.90 Å². The van der Waals surface area contributed by atoms with E-state index in [1.165, 1.54) is 0 Å². The second-order valence-electron chi connectivity index (χ2n) is 5.34. The van der Waals surface area contributed by atoms with Crippen LogP contribution in [0, 0.1) is 0 Å². The van der Waals surface area contributed by atoms with Crippen LogP contribution in [0.5, 0.6) is 0 Å². The molecule has 1 saturated heterocycles. The molecule has 1 aliphatic heterocycles. The first-order valence-corrected chi connectivity index (χ1v) is 6.20. The molecular formula is C14H20N2O2. The van der Waals surface area contributed by atoms with Crippen molar-refractivity contribution >= 4 is 11.6 Å². The van der Waals surface area contributed by atoms with Gasteiger partial charge in [-0.3, -0.25) is 4.79 Å². The van der Waals surface area contributed by atoms with Gasteiger partial charge in [0.15, 0.2) is 0 Å². The van der Waals surface area contributed by atoms with E-state index in [1.54, 1.807) is 18.7 Å². The summed E-state index contributed by atoms with van der Waals surface area (Å²) in [7, 11) is 1.83. The van der Waals surface area contributed by atoms with Crippen LogP contribution in [-0.2, 0) is 10.4 Å². The fourth-order valence-electron chi connectivity index (χ4n) is 2.06. The van der Waals surface area contributed by atoms with Crippen LogP contribution in [0.2, 0.25) is 0 Å². The number of amides is 1. The molecule has 1 amide bonds. The molecule has 0 unspecified atom stereocenters. The molecule has 0 bridgehead atoms. The number of anilines is 1. The van der Waals surface area contributed by atoms with Gasteiger partial charge in [0.25, 0.3) is 0 Å². The number of carbonyl (C=O) groups is 1. The van der Waals surface area contributed by atoms with Gasteiger partial charge in [0.1, 0.15) is 0 Å². The van der Waals surface area contributed by atoms with Gasteiger partial charge in [-0.2, -0.15) is 0 Å². The largest absolute Gasteiger partial charge is 0.386 e. The summed E-state index contributed by atoms with van der Waals surface area (Å²) in [4.78, 5) is 15.5. The fraction of sp³-hybridized carbons (Fsp3) is 0.500. The Hall–Kier alpha value is -1.55. The second-order valence-corrected chi connectivity index (χ2v) is 5.34. The lowest BCUT2D eigenvalue weighted by Crippen LogP contribution is -2.48. The Morgan fingerprint density at radius 2 is 1.78 bits per heavy atom. The number of likely N-dealkylation sites (N-methyl/N-ethyl adjacent to an activating group) is 1. The molecule has 1 aromatic rings. The minimum atomic E-state index is -0.823. The Morgan fingerprint density at radius 1 is 1.17 bits per heavy atom. The molecule has 1 aliphatic rings. The predicted molar refractivity (Wildman–Crippen MR) is 71.5 cm³/mol. The molecule has 98 valence electrons. The number of rotatable bonds is 2. The van der Waals surface area contributed by atoms with Gasteiger partial charge in [-0.05, 0) is 31.5 Å². The third-order valence-corrected chi connectivity index (χ3v) is 3.40. The molecule has 0 atom stereocenters. The van der Waals surface area contributed by atoms with Gasteiger partial charge < -0.3 is 14.9 Å². The summed E-state index contributed by atoms with van der Waals surface area (Å²) >= 11 is 0. The Kier molecular flexibility index (Phi) is 3.30. The van der Waals surface area contributed by atoms with E-state index >= 15 is 0 Å². The Morgan fingerprint density at radius 3 is 2.28 bits per heavy atom. The summed E-state index contributed by atoms with van der Waals surface area (Å²) in [5.41, 5.74) is 1.09. The van der Waals surface area contributed by atoms with Gasteiger partial charge in [-0.15, -0.1) is 0 Å². The van der Waals surface area contributed by atoms with E-state index in [9.17, 15) is 9.90 Å². The zero-order chi connectivity index (χ0) is 13.3. The minimum absolute atomic E-state index is 0.146. The number of piperazine rings is 1. The number of hydrogen-bond donors (Lipinski definition) is 1. The summed E-state index contributed by atoms with van der Waals surface area (Å²) in [6, 6.07) is 7.76. The third-order valence-electron chi connectivity index (χ3n) is 3.40. The lowest BCUT2D eigenvalue weighted by Gasteiger charge is -2.33. The van der Waals surface area contributed by atoms with Crippen molar-refractivity contribution in [1.29, 1.82) is 0 Å². The molecule has 1 fully saturated rings. The van der Waals surface area contributed by atoms with E-state index in [1.807, 2.05) is 31.3 Å². The molecule has 1 aromatic carbocycles. The molecule has 1 N–H and O–H groups in total. The molecule has 0 aromatic heterocycles. The summed E-state index contributed by atoms with van der Waals surface area (Å²) in [6.07, 6.45) is 0. The van der Waals surface area contributed by atoms with Gasteiger partial charge in [-0.1, -0.05) is 12.1 Å². The quantitative estimate of drug-likeness (QED) is 0.855. The highest BCUT2D eigenvalue weighted by Gasteiger charge is 2.22. The summed E-state index contributed by atoms with van der Waals surface area (Å²) < 4.78 is 0. The Balaban J connectivity index is 2.13. The van der Waals surface area contributed by atoms with Crippen LogP contribution in [0.25, 0.3) is 0 Å². The predicted octanol–water partition coefficient (Wildman–Crippen LogP) is 1.19. The molecule has 4 heteroatoms. The van der Waals surface area contributed by atoms with Crippen molar-refractivity contribution in [1.82, 2.24) is 4.90 Å². The normalized spacial score (nSPS) is 17.2.